The summed E-state index contributed by atoms with van der Waals surface area (Å²) >= 11 is 0. The van der Waals surface area contributed by atoms with Crippen LogP contribution in [0.15, 0.2) is 0 Å². The van der Waals surface area contributed by atoms with Gasteiger partial charge in [-0.15, -0.1) is 0 Å². The highest BCUT2D eigenvalue weighted by Gasteiger charge is 2.15. The average Bonchev–Trinajstić information content (AvgIpc) is 2.47. The molecule has 0 aliphatic rings. The van der Waals surface area contributed by atoms with Crippen molar-refractivity contribution in [1.29, 1.82) is 0 Å². The van der Waals surface area contributed by atoms with E-state index in [9.17, 15) is 4.79 Å². The Morgan fingerprint density at radius 3 is 1.95 bits per heavy atom. The summed E-state index contributed by atoms with van der Waals surface area (Å²) in [5.41, 5.74) is 11.2. The van der Waals surface area contributed by atoms with Gasteiger partial charge in [-0.1, -0.05) is 13.8 Å². The second-order valence-corrected chi connectivity index (χ2v) is 5.76. The lowest BCUT2D eigenvalue weighted by Gasteiger charge is -2.15. The summed E-state index contributed by atoms with van der Waals surface area (Å²) in [6, 6.07) is -0.398. The third-order valence-corrected chi connectivity index (χ3v) is 3.37. The predicted octanol–water partition coefficient (Wildman–Crippen LogP) is -0.216. The molecule has 0 spiro atoms. The third kappa shape index (κ3) is 12.7. The molecule has 21 heavy (non-hydrogen) atoms. The molecule has 0 saturated heterocycles. The van der Waals surface area contributed by atoms with Gasteiger partial charge in [0.25, 0.3) is 0 Å². The summed E-state index contributed by atoms with van der Waals surface area (Å²) in [5.74, 6) is 0.134. The van der Waals surface area contributed by atoms with Crippen molar-refractivity contribution in [2.45, 2.75) is 45.6 Å². The minimum atomic E-state index is -0.398. The van der Waals surface area contributed by atoms with E-state index in [-0.39, 0.29) is 11.8 Å². The van der Waals surface area contributed by atoms with Crippen molar-refractivity contribution in [3.05, 3.63) is 0 Å². The van der Waals surface area contributed by atoms with Crippen LogP contribution in [0.2, 0.25) is 0 Å². The maximum absolute atomic E-state index is 11.6. The van der Waals surface area contributed by atoms with E-state index in [1.54, 1.807) is 0 Å². The van der Waals surface area contributed by atoms with Gasteiger partial charge < -0.3 is 27.4 Å². The normalized spacial score (nSPS) is 12.6. The molecule has 1 atom stereocenters. The first-order valence-corrected chi connectivity index (χ1v) is 8.24. The van der Waals surface area contributed by atoms with Crippen LogP contribution in [0.5, 0.6) is 0 Å². The van der Waals surface area contributed by atoms with Gasteiger partial charge in [-0.2, -0.15) is 0 Å². The van der Waals surface area contributed by atoms with Crippen LogP contribution in [0.1, 0.15) is 39.5 Å². The molecule has 126 valence electrons. The fourth-order valence-corrected chi connectivity index (χ4v) is 1.82. The van der Waals surface area contributed by atoms with Gasteiger partial charge in [0, 0.05) is 6.54 Å². The van der Waals surface area contributed by atoms with Crippen LogP contribution in [0, 0.1) is 5.92 Å². The molecule has 0 radical (unpaired) electrons. The molecule has 0 aliphatic carbocycles. The van der Waals surface area contributed by atoms with Crippen molar-refractivity contribution in [1.82, 2.24) is 16.0 Å². The largest absolute Gasteiger partial charge is 0.355 e. The van der Waals surface area contributed by atoms with E-state index in [0.717, 1.165) is 45.6 Å². The zero-order valence-corrected chi connectivity index (χ0v) is 13.8. The number of hydrogen-bond acceptors (Lipinski definition) is 5. The molecular formula is C15H35N5O. The minimum Gasteiger partial charge on any atom is -0.355 e. The summed E-state index contributed by atoms with van der Waals surface area (Å²) in [6.07, 6.45) is 4.33. The maximum Gasteiger partial charge on any atom is 0.237 e. The highest BCUT2D eigenvalue weighted by Crippen LogP contribution is 1.97. The van der Waals surface area contributed by atoms with Gasteiger partial charge in [-0.25, -0.2) is 0 Å². The van der Waals surface area contributed by atoms with Gasteiger partial charge in [-0.3, -0.25) is 4.79 Å². The van der Waals surface area contributed by atoms with E-state index in [1.807, 2.05) is 13.8 Å². The topological polar surface area (TPSA) is 105 Å². The lowest BCUT2D eigenvalue weighted by atomic mass is 10.1. The molecule has 0 aromatic carbocycles. The van der Waals surface area contributed by atoms with Gasteiger partial charge in [0.2, 0.25) is 5.91 Å². The average molecular weight is 301 g/mol. The van der Waals surface area contributed by atoms with Crippen LogP contribution < -0.4 is 27.4 Å². The molecule has 0 unspecified atom stereocenters. The lowest BCUT2D eigenvalue weighted by molar-refractivity contribution is -0.123. The monoisotopic (exact) mass is 301 g/mol. The number of rotatable bonds is 14. The highest BCUT2D eigenvalue weighted by molar-refractivity contribution is 5.81. The molecule has 0 bridgehead atoms. The Labute approximate surface area is 129 Å². The summed E-state index contributed by atoms with van der Waals surface area (Å²) in [6.45, 7) is 9.39. The quantitative estimate of drug-likeness (QED) is 0.285. The predicted molar refractivity (Wildman–Crippen MR) is 89.1 cm³/mol. The van der Waals surface area contributed by atoms with Crippen molar-refractivity contribution in [2.24, 2.45) is 17.4 Å². The van der Waals surface area contributed by atoms with Crippen molar-refractivity contribution >= 4 is 5.91 Å². The van der Waals surface area contributed by atoms with Gasteiger partial charge in [0.15, 0.2) is 0 Å². The maximum atomic E-state index is 11.6. The zero-order chi connectivity index (χ0) is 15.9. The minimum absolute atomic E-state index is 0.0476. The molecular weight excluding hydrogens is 266 g/mol. The van der Waals surface area contributed by atoms with Crippen LogP contribution in [0.25, 0.3) is 0 Å². The van der Waals surface area contributed by atoms with Crippen LogP contribution in [0.3, 0.4) is 0 Å². The first kappa shape index (κ1) is 20.3. The van der Waals surface area contributed by atoms with E-state index >= 15 is 0 Å². The van der Waals surface area contributed by atoms with E-state index in [1.165, 1.54) is 12.8 Å². The standard InChI is InChI=1S/C15H35N5O/c1-13(2)14(17)15(21)20-12-6-11-19-9-4-3-8-18-10-5-7-16/h13-14,18-19H,3-12,16-17H2,1-2H3,(H,20,21)/t14-/m1/s1. The Hall–Kier alpha value is -0.690. The highest BCUT2D eigenvalue weighted by atomic mass is 16.2. The molecule has 0 aromatic heterocycles. The van der Waals surface area contributed by atoms with Crippen molar-refractivity contribution in [3.63, 3.8) is 0 Å². The molecule has 0 aliphatic heterocycles. The van der Waals surface area contributed by atoms with Crippen molar-refractivity contribution in [2.75, 3.05) is 39.3 Å². The molecule has 0 aromatic rings. The van der Waals surface area contributed by atoms with Gasteiger partial charge in [0.05, 0.1) is 6.04 Å². The van der Waals surface area contributed by atoms with Gasteiger partial charge in [-0.05, 0) is 64.3 Å². The van der Waals surface area contributed by atoms with E-state index in [0.29, 0.717) is 6.54 Å². The molecule has 0 rings (SSSR count). The van der Waals surface area contributed by atoms with Crippen molar-refractivity contribution < 1.29 is 4.79 Å². The first-order chi connectivity index (χ1) is 10.1. The fraction of sp³-hybridized carbons (Fsp3) is 0.933. The van der Waals surface area contributed by atoms with Crippen molar-refractivity contribution in [3.8, 4) is 0 Å². The second kappa shape index (κ2) is 14.3. The first-order valence-electron chi connectivity index (χ1n) is 8.24. The Morgan fingerprint density at radius 1 is 0.905 bits per heavy atom. The Bertz CT molecular complexity index is 248. The lowest BCUT2D eigenvalue weighted by Crippen LogP contribution is -2.44. The SMILES string of the molecule is CC(C)[C@@H](N)C(=O)NCCCNCCCCNCCCN. The summed E-state index contributed by atoms with van der Waals surface area (Å²) in [4.78, 5) is 11.6. The number of nitrogens with one attached hydrogen (secondary N) is 3. The third-order valence-electron chi connectivity index (χ3n) is 3.37. The Morgan fingerprint density at radius 2 is 1.43 bits per heavy atom. The van der Waals surface area contributed by atoms with Crippen LogP contribution in [0.4, 0.5) is 0 Å². The molecule has 1 amide bonds. The summed E-state index contributed by atoms with van der Waals surface area (Å²) in [5, 5.41) is 9.62. The van der Waals surface area contributed by atoms with Crippen LogP contribution in [-0.4, -0.2) is 51.2 Å². The zero-order valence-electron chi connectivity index (χ0n) is 13.8. The van der Waals surface area contributed by atoms with Crippen LogP contribution >= 0.6 is 0 Å². The second-order valence-electron chi connectivity index (χ2n) is 5.76. The molecule has 0 fully saturated rings. The smallest absolute Gasteiger partial charge is 0.237 e. The number of hydrogen-bond donors (Lipinski definition) is 5. The number of unbranched alkanes of at least 4 members (excludes halogenated alkanes) is 1. The molecule has 0 saturated carbocycles. The Balaban J connectivity index is 3.21. The number of nitrogens with two attached hydrogens (primary N) is 2. The van der Waals surface area contributed by atoms with Gasteiger partial charge >= 0.3 is 0 Å². The van der Waals surface area contributed by atoms with Gasteiger partial charge in [0.1, 0.15) is 0 Å². The van der Waals surface area contributed by atoms with E-state index < -0.39 is 6.04 Å². The Kier molecular flexibility index (Phi) is 13.8. The molecule has 7 N–H and O–H groups in total. The summed E-state index contributed by atoms with van der Waals surface area (Å²) in [7, 11) is 0. The number of carbonyl (C=O) groups is 1. The molecule has 6 heteroatoms. The van der Waals surface area contributed by atoms with E-state index in [2.05, 4.69) is 16.0 Å². The molecule has 0 heterocycles. The fourth-order valence-electron chi connectivity index (χ4n) is 1.82. The van der Waals surface area contributed by atoms with Crippen LogP contribution in [-0.2, 0) is 4.79 Å². The number of carbonyl (C=O) groups excluding carboxylic acids is 1. The van der Waals surface area contributed by atoms with E-state index in [4.69, 9.17) is 11.5 Å². The summed E-state index contributed by atoms with van der Waals surface area (Å²) < 4.78 is 0. The number of amides is 1. The molecule has 6 nitrogen and oxygen atoms in total.